The molecule has 0 aromatic heterocycles. The number of nitriles is 1. The molecule has 0 unspecified atom stereocenters. The number of nitrogens with zero attached hydrogens (tertiary/aromatic N) is 2. The normalized spacial score (nSPS) is 10.5. The average molecular weight is 329 g/mol. The van der Waals surface area contributed by atoms with Crippen molar-refractivity contribution in [3.05, 3.63) is 36.0 Å². The van der Waals surface area contributed by atoms with E-state index in [0.29, 0.717) is 11.4 Å². The summed E-state index contributed by atoms with van der Waals surface area (Å²) in [6.07, 6.45) is 1.18. The van der Waals surface area contributed by atoms with Crippen molar-refractivity contribution in [2.45, 2.75) is 13.8 Å². The lowest BCUT2D eigenvalue weighted by atomic mass is 10.2. The van der Waals surface area contributed by atoms with Crippen molar-refractivity contribution < 1.29 is 14.4 Å². The number of nitrogens with two attached hydrogens (primary N) is 1. The summed E-state index contributed by atoms with van der Waals surface area (Å²) in [6, 6.07) is 8.16. The Bertz CT molecular complexity index is 689. The minimum atomic E-state index is -0.645. The molecule has 0 saturated carbocycles. The first-order chi connectivity index (χ1) is 11.4. The van der Waals surface area contributed by atoms with E-state index in [1.54, 1.807) is 30.3 Å². The van der Waals surface area contributed by atoms with Gasteiger partial charge in [0, 0.05) is 44.5 Å². The Morgan fingerprint density at radius 1 is 1.17 bits per heavy atom. The molecule has 1 aromatic carbocycles. The number of hydrogen-bond donors (Lipinski definition) is 3. The number of benzene rings is 1. The van der Waals surface area contributed by atoms with Crippen LogP contribution in [0, 0.1) is 11.3 Å². The van der Waals surface area contributed by atoms with Gasteiger partial charge < -0.3 is 21.3 Å². The van der Waals surface area contributed by atoms with Crippen LogP contribution >= 0.6 is 0 Å². The summed E-state index contributed by atoms with van der Waals surface area (Å²) >= 11 is 0. The van der Waals surface area contributed by atoms with Gasteiger partial charge in [-0.05, 0) is 24.3 Å². The van der Waals surface area contributed by atoms with Gasteiger partial charge in [-0.25, -0.2) is 0 Å². The van der Waals surface area contributed by atoms with E-state index in [1.165, 1.54) is 24.9 Å². The van der Waals surface area contributed by atoms with Crippen molar-refractivity contribution in [3.8, 4) is 6.07 Å². The van der Waals surface area contributed by atoms with E-state index >= 15 is 0 Å². The second-order valence-electron chi connectivity index (χ2n) is 4.87. The lowest BCUT2D eigenvalue weighted by Gasteiger charge is -2.15. The summed E-state index contributed by atoms with van der Waals surface area (Å²) in [6.45, 7) is 3.13. The number of hydrogen-bond acceptors (Lipinski definition) is 5. The molecule has 126 valence electrons. The number of rotatable bonds is 6. The second-order valence-corrected chi connectivity index (χ2v) is 4.87. The molecule has 0 spiro atoms. The van der Waals surface area contributed by atoms with Crippen LogP contribution in [0.3, 0.4) is 0 Å². The van der Waals surface area contributed by atoms with Gasteiger partial charge in [0.05, 0.1) is 0 Å². The average Bonchev–Trinajstić information content (AvgIpc) is 2.52. The van der Waals surface area contributed by atoms with Gasteiger partial charge in [-0.15, -0.1) is 0 Å². The molecule has 0 saturated heterocycles. The summed E-state index contributed by atoms with van der Waals surface area (Å²) in [5.41, 5.74) is 6.21. The van der Waals surface area contributed by atoms with Crippen molar-refractivity contribution >= 4 is 29.1 Å². The highest BCUT2D eigenvalue weighted by Gasteiger charge is 2.13. The third kappa shape index (κ3) is 5.90. The zero-order valence-corrected chi connectivity index (χ0v) is 13.5. The van der Waals surface area contributed by atoms with Gasteiger partial charge in [-0.1, -0.05) is 0 Å². The molecule has 0 atom stereocenters. The molecule has 0 radical (unpaired) electrons. The highest BCUT2D eigenvalue weighted by atomic mass is 16.2. The summed E-state index contributed by atoms with van der Waals surface area (Å²) in [7, 11) is 0. The van der Waals surface area contributed by atoms with Crippen LogP contribution in [0.4, 0.5) is 11.4 Å². The van der Waals surface area contributed by atoms with Crippen molar-refractivity contribution in [1.82, 2.24) is 4.90 Å². The first kappa shape index (κ1) is 18.9. The maximum absolute atomic E-state index is 12.1. The van der Waals surface area contributed by atoms with E-state index < -0.39 is 5.91 Å². The van der Waals surface area contributed by atoms with Crippen molar-refractivity contribution in [3.63, 3.8) is 0 Å². The topological polar surface area (TPSA) is 128 Å². The van der Waals surface area contributed by atoms with Gasteiger partial charge in [0.1, 0.15) is 11.6 Å². The van der Waals surface area contributed by atoms with Crippen LogP contribution in [-0.4, -0.2) is 35.7 Å². The molecule has 4 N–H and O–H groups in total. The Morgan fingerprint density at radius 2 is 1.71 bits per heavy atom. The zero-order valence-electron chi connectivity index (χ0n) is 13.5. The monoisotopic (exact) mass is 329 g/mol. The molecule has 0 fully saturated rings. The number of amides is 3. The zero-order chi connectivity index (χ0) is 18.1. The van der Waals surface area contributed by atoms with Crippen molar-refractivity contribution in [1.29, 1.82) is 5.26 Å². The molecule has 0 aliphatic heterocycles. The quantitative estimate of drug-likeness (QED) is 0.525. The summed E-state index contributed by atoms with van der Waals surface area (Å²) in [5.74, 6) is -1.17. The first-order valence-corrected chi connectivity index (χ1v) is 7.15. The Labute approximate surface area is 139 Å². The lowest BCUT2D eigenvalue weighted by Crippen LogP contribution is -2.30. The van der Waals surface area contributed by atoms with Crippen LogP contribution < -0.4 is 16.4 Å². The second kappa shape index (κ2) is 9.07. The van der Waals surface area contributed by atoms with Gasteiger partial charge in [-0.2, -0.15) is 5.26 Å². The molecule has 24 heavy (non-hydrogen) atoms. The van der Waals surface area contributed by atoms with Crippen LogP contribution in [0.2, 0.25) is 0 Å². The van der Waals surface area contributed by atoms with E-state index in [9.17, 15) is 14.4 Å². The Kier molecular flexibility index (Phi) is 7.13. The molecule has 0 aliphatic carbocycles. The highest BCUT2D eigenvalue weighted by molar-refractivity contribution is 6.06. The lowest BCUT2D eigenvalue weighted by molar-refractivity contribution is -0.126. The molecule has 1 rings (SSSR count). The largest absolute Gasteiger partial charge is 0.329 e. The first-order valence-electron chi connectivity index (χ1n) is 7.15. The van der Waals surface area contributed by atoms with Gasteiger partial charge in [0.25, 0.3) is 5.91 Å². The Morgan fingerprint density at radius 3 is 2.12 bits per heavy atom. The van der Waals surface area contributed by atoms with Crippen LogP contribution in [0.5, 0.6) is 0 Å². The molecule has 0 bridgehead atoms. The molecular formula is C16H19N5O3. The molecular weight excluding hydrogens is 310 g/mol. The predicted molar refractivity (Wildman–Crippen MR) is 89.5 cm³/mol. The van der Waals surface area contributed by atoms with Crippen molar-refractivity contribution in [2.75, 3.05) is 23.7 Å². The van der Waals surface area contributed by atoms with Crippen molar-refractivity contribution in [2.24, 2.45) is 5.73 Å². The third-order valence-corrected chi connectivity index (χ3v) is 2.89. The molecule has 3 amide bonds. The predicted octanol–water partition coefficient (Wildman–Crippen LogP) is 0.798. The SMILES string of the molecule is CC(=O)Nc1ccc(NC(=O)/C(C#N)=C\N(CCN)C(C)=O)cc1. The Balaban J connectivity index is 2.85. The minimum Gasteiger partial charge on any atom is -0.329 e. The summed E-state index contributed by atoms with van der Waals surface area (Å²) < 4.78 is 0. The highest BCUT2D eigenvalue weighted by Crippen LogP contribution is 2.14. The standard InChI is InChI=1S/C16H19N5O3/c1-11(22)19-14-3-5-15(6-4-14)20-16(24)13(9-18)10-21(8-7-17)12(2)23/h3-6,10H,7-8,17H2,1-2H3,(H,19,22)(H,20,24)/b13-10-. The smallest absolute Gasteiger partial charge is 0.267 e. The minimum absolute atomic E-state index is 0.203. The fourth-order valence-electron chi connectivity index (χ4n) is 1.78. The van der Waals surface area contributed by atoms with Crippen LogP contribution in [0.1, 0.15) is 13.8 Å². The number of carbonyl (C=O) groups is 3. The third-order valence-electron chi connectivity index (χ3n) is 2.89. The van der Waals surface area contributed by atoms with E-state index in [4.69, 9.17) is 11.0 Å². The van der Waals surface area contributed by atoms with Crippen LogP contribution in [0.15, 0.2) is 36.0 Å². The molecule has 0 heterocycles. The summed E-state index contributed by atoms with van der Waals surface area (Å²) in [4.78, 5) is 35.7. The van der Waals surface area contributed by atoms with E-state index in [2.05, 4.69) is 10.6 Å². The van der Waals surface area contributed by atoms with Gasteiger partial charge in [-0.3, -0.25) is 14.4 Å². The van der Waals surface area contributed by atoms with E-state index in [1.807, 2.05) is 0 Å². The van der Waals surface area contributed by atoms with Crippen LogP contribution in [-0.2, 0) is 14.4 Å². The maximum Gasteiger partial charge on any atom is 0.267 e. The molecule has 0 aliphatic rings. The molecule has 8 heteroatoms. The number of carbonyl (C=O) groups excluding carboxylic acids is 3. The van der Waals surface area contributed by atoms with Gasteiger partial charge in [0.15, 0.2) is 0 Å². The summed E-state index contributed by atoms with van der Waals surface area (Å²) in [5, 5.41) is 14.3. The maximum atomic E-state index is 12.1. The van der Waals surface area contributed by atoms with Crippen LogP contribution in [0.25, 0.3) is 0 Å². The molecule has 1 aromatic rings. The number of anilines is 2. The molecule has 8 nitrogen and oxygen atoms in total. The fraction of sp³-hybridized carbons (Fsp3) is 0.250. The van der Waals surface area contributed by atoms with Gasteiger partial charge in [0.2, 0.25) is 11.8 Å². The van der Waals surface area contributed by atoms with E-state index in [0.717, 1.165) is 0 Å². The fourth-order valence-corrected chi connectivity index (χ4v) is 1.78. The number of nitrogens with one attached hydrogen (secondary N) is 2. The van der Waals surface area contributed by atoms with Gasteiger partial charge >= 0.3 is 0 Å². The van der Waals surface area contributed by atoms with E-state index in [-0.39, 0.29) is 30.5 Å². The Hall–Kier alpha value is -3.18.